The number of nitrogens with one attached hydrogen (secondary N) is 2. The second-order valence-electron chi connectivity index (χ2n) is 7.57. The molecule has 0 unspecified atom stereocenters. The Hall–Kier alpha value is -4.20. The van der Waals surface area contributed by atoms with Crippen LogP contribution in [0.25, 0.3) is 11.1 Å². The largest absolute Gasteiger partial charge is 0.478 e. The van der Waals surface area contributed by atoms with Gasteiger partial charge in [-0.3, -0.25) is 9.59 Å². The van der Waals surface area contributed by atoms with E-state index in [4.69, 9.17) is 0 Å². The molecule has 0 radical (unpaired) electrons. The summed E-state index contributed by atoms with van der Waals surface area (Å²) in [7, 11) is 0. The van der Waals surface area contributed by atoms with Crippen molar-refractivity contribution in [2.75, 3.05) is 13.1 Å². The maximum atomic E-state index is 12.0. The van der Waals surface area contributed by atoms with Crippen molar-refractivity contribution in [3.63, 3.8) is 0 Å². The number of aromatic carboxylic acids is 2. The molecule has 8 nitrogen and oxygen atoms in total. The molecule has 0 bridgehead atoms. The Kier molecular flexibility index (Phi) is 9.76. The van der Waals surface area contributed by atoms with Crippen LogP contribution in [0.15, 0.2) is 61.7 Å². The molecule has 2 aromatic carbocycles. The van der Waals surface area contributed by atoms with E-state index in [9.17, 15) is 29.4 Å². The topological polar surface area (TPSA) is 133 Å². The summed E-state index contributed by atoms with van der Waals surface area (Å²) in [5.41, 5.74) is 2.19. The first-order valence-corrected chi connectivity index (χ1v) is 10.8. The van der Waals surface area contributed by atoms with Gasteiger partial charge in [-0.1, -0.05) is 37.4 Å². The minimum atomic E-state index is -1.16. The molecular formula is C26H28N2O6. The fraction of sp³-hybridized carbons (Fsp3) is 0.231. The molecule has 0 spiro atoms. The zero-order valence-electron chi connectivity index (χ0n) is 18.8. The lowest BCUT2D eigenvalue weighted by Crippen LogP contribution is -2.22. The predicted octanol–water partition coefficient (Wildman–Crippen LogP) is 3.22. The first-order valence-electron chi connectivity index (χ1n) is 10.8. The molecular weight excluding hydrogens is 436 g/mol. The standard InChI is InChI=1S/C26H28N2O6/c1-3-23(29)27-13-5-7-17-9-11-19(21(15-17)25(31)32)20-12-10-18(16-22(20)26(33)34)8-6-14-28-24(30)4-2/h3-4,9-12,15-16H,1-2,5-8,13-14H2,(H,27,29)(H,28,30)(H,31,32)(H,33,34). The van der Waals surface area contributed by atoms with Crippen molar-refractivity contribution >= 4 is 23.8 Å². The van der Waals surface area contributed by atoms with Gasteiger partial charge in [0.05, 0.1) is 11.1 Å². The van der Waals surface area contributed by atoms with Gasteiger partial charge in [0.25, 0.3) is 0 Å². The van der Waals surface area contributed by atoms with Gasteiger partial charge in [0.2, 0.25) is 11.8 Å². The van der Waals surface area contributed by atoms with E-state index in [1.807, 2.05) is 0 Å². The third-order valence-electron chi connectivity index (χ3n) is 5.17. The fourth-order valence-electron chi connectivity index (χ4n) is 3.47. The van der Waals surface area contributed by atoms with Crippen molar-refractivity contribution in [1.29, 1.82) is 0 Å². The van der Waals surface area contributed by atoms with E-state index in [-0.39, 0.29) is 22.9 Å². The van der Waals surface area contributed by atoms with Gasteiger partial charge in [0.1, 0.15) is 0 Å². The van der Waals surface area contributed by atoms with Crippen LogP contribution in [0.4, 0.5) is 0 Å². The average molecular weight is 465 g/mol. The van der Waals surface area contributed by atoms with E-state index >= 15 is 0 Å². The van der Waals surface area contributed by atoms with Gasteiger partial charge in [-0.25, -0.2) is 9.59 Å². The molecule has 2 aromatic rings. The number of rotatable bonds is 13. The minimum absolute atomic E-state index is 0.00927. The molecule has 4 N–H and O–H groups in total. The van der Waals surface area contributed by atoms with Crippen molar-refractivity contribution < 1.29 is 29.4 Å². The Morgan fingerprint density at radius 1 is 0.706 bits per heavy atom. The van der Waals surface area contributed by atoms with Gasteiger partial charge < -0.3 is 20.8 Å². The molecule has 0 fully saturated rings. The number of carboxylic acid groups (broad SMARTS) is 2. The monoisotopic (exact) mass is 464 g/mol. The Morgan fingerprint density at radius 3 is 1.41 bits per heavy atom. The van der Waals surface area contributed by atoms with E-state index in [2.05, 4.69) is 23.8 Å². The molecule has 8 heteroatoms. The summed E-state index contributed by atoms with van der Waals surface area (Å²) in [5, 5.41) is 24.9. The molecule has 0 aliphatic heterocycles. The maximum Gasteiger partial charge on any atom is 0.336 e. The van der Waals surface area contributed by atoms with E-state index in [1.165, 1.54) is 24.3 Å². The second kappa shape index (κ2) is 12.7. The highest BCUT2D eigenvalue weighted by molar-refractivity contribution is 6.02. The summed E-state index contributed by atoms with van der Waals surface area (Å²) in [6.07, 6.45) is 4.68. The van der Waals surface area contributed by atoms with Crippen LogP contribution in [0.2, 0.25) is 0 Å². The Labute approximate surface area is 198 Å². The quantitative estimate of drug-likeness (QED) is 0.266. The number of benzene rings is 2. The normalized spacial score (nSPS) is 10.2. The molecule has 0 aromatic heterocycles. The predicted molar refractivity (Wildman–Crippen MR) is 129 cm³/mol. The van der Waals surface area contributed by atoms with Crippen molar-refractivity contribution in [2.24, 2.45) is 0 Å². The summed E-state index contributed by atoms with van der Waals surface area (Å²) in [4.78, 5) is 46.3. The van der Waals surface area contributed by atoms with E-state index in [0.717, 1.165) is 11.1 Å². The molecule has 0 saturated heterocycles. The Morgan fingerprint density at radius 2 is 1.09 bits per heavy atom. The second-order valence-corrected chi connectivity index (χ2v) is 7.57. The number of aryl methyl sites for hydroxylation is 2. The van der Waals surface area contributed by atoms with Crippen LogP contribution in [0, 0.1) is 0 Å². The number of amides is 2. The number of hydrogen-bond acceptors (Lipinski definition) is 4. The first kappa shape index (κ1) is 26.1. The van der Waals surface area contributed by atoms with Crippen molar-refractivity contribution in [2.45, 2.75) is 25.7 Å². The number of hydrogen-bond donors (Lipinski definition) is 4. The van der Waals surface area contributed by atoms with Gasteiger partial charge in [-0.2, -0.15) is 0 Å². The number of carbonyl (C=O) groups is 4. The van der Waals surface area contributed by atoms with Crippen molar-refractivity contribution in [1.82, 2.24) is 10.6 Å². The summed E-state index contributed by atoms with van der Waals surface area (Å²) < 4.78 is 0. The zero-order valence-corrected chi connectivity index (χ0v) is 18.8. The summed E-state index contributed by atoms with van der Waals surface area (Å²) in [6, 6.07) is 9.84. The molecule has 2 amide bonds. The highest BCUT2D eigenvalue weighted by atomic mass is 16.4. The summed E-state index contributed by atoms with van der Waals surface area (Å²) in [6.45, 7) is 7.62. The third-order valence-corrected chi connectivity index (χ3v) is 5.17. The van der Waals surface area contributed by atoms with Crippen LogP contribution in [0.5, 0.6) is 0 Å². The van der Waals surface area contributed by atoms with Crippen LogP contribution in [0.3, 0.4) is 0 Å². The Balaban J connectivity index is 2.23. The molecule has 0 atom stereocenters. The molecule has 34 heavy (non-hydrogen) atoms. The zero-order chi connectivity index (χ0) is 25.1. The summed E-state index contributed by atoms with van der Waals surface area (Å²) in [5.74, 6) is -2.86. The van der Waals surface area contributed by atoms with E-state index in [1.54, 1.807) is 24.3 Å². The lowest BCUT2D eigenvalue weighted by atomic mass is 9.91. The van der Waals surface area contributed by atoms with Crippen LogP contribution in [0.1, 0.15) is 44.7 Å². The van der Waals surface area contributed by atoms with Gasteiger partial charge in [-0.05, 0) is 72.2 Å². The lowest BCUT2D eigenvalue weighted by Gasteiger charge is -2.13. The smallest absolute Gasteiger partial charge is 0.336 e. The molecule has 2 rings (SSSR count). The van der Waals surface area contributed by atoms with Gasteiger partial charge in [0.15, 0.2) is 0 Å². The van der Waals surface area contributed by atoms with Gasteiger partial charge in [-0.15, -0.1) is 0 Å². The highest BCUT2D eigenvalue weighted by Crippen LogP contribution is 2.30. The van der Waals surface area contributed by atoms with E-state index in [0.29, 0.717) is 49.9 Å². The molecule has 0 saturated carbocycles. The molecule has 0 aliphatic rings. The lowest BCUT2D eigenvalue weighted by molar-refractivity contribution is -0.117. The van der Waals surface area contributed by atoms with E-state index < -0.39 is 11.9 Å². The Bertz CT molecular complexity index is 1020. The van der Waals surface area contributed by atoms with Crippen LogP contribution < -0.4 is 10.6 Å². The van der Waals surface area contributed by atoms with Crippen LogP contribution in [-0.2, 0) is 22.4 Å². The van der Waals surface area contributed by atoms with Crippen molar-refractivity contribution in [3.05, 3.63) is 84.0 Å². The number of carboxylic acids is 2. The van der Waals surface area contributed by atoms with Crippen LogP contribution >= 0.6 is 0 Å². The minimum Gasteiger partial charge on any atom is -0.478 e. The molecule has 0 aliphatic carbocycles. The first-order chi connectivity index (χ1) is 16.3. The molecule has 0 heterocycles. The van der Waals surface area contributed by atoms with Gasteiger partial charge in [0, 0.05) is 13.1 Å². The van der Waals surface area contributed by atoms with Crippen LogP contribution in [-0.4, -0.2) is 47.1 Å². The fourth-order valence-corrected chi connectivity index (χ4v) is 3.47. The highest BCUT2D eigenvalue weighted by Gasteiger charge is 2.19. The SMILES string of the molecule is C=CC(=O)NCCCc1ccc(-c2ccc(CCCNC(=O)C=C)cc2C(=O)O)c(C(=O)O)c1. The molecule has 178 valence electrons. The third kappa shape index (κ3) is 7.44. The maximum absolute atomic E-state index is 12.0. The van der Waals surface area contributed by atoms with Crippen molar-refractivity contribution in [3.8, 4) is 11.1 Å². The average Bonchev–Trinajstić information content (AvgIpc) is 2.83. The number of carbonyl (C=O) groups excluding carboxylic acids is 2. The summed E-state index contributed by atoms with van der Waals surface area (Å²) >= 11 is 0. The van der Waals surface area contributed by atoms with Gasteiger partial charge >= 0.3 is 11.9 Å².